The largest absolute Gasteiger partial charge is 0.478 e. The van der Waals surface area contributed by atoms with Gasteiger partial charge in [-0.2, -0.15) is 13.2 Å². The number of benzene rings is 1. The molecule has 20 heavy (non-hydrogen) atoms. The first-order valence-electron chi connectivity index (χ1n) is 5.59. The number of anilines is 1. The van der Waals surface area contributed by atoms with Crippen molar-refractivity contribution in [3.05, 3.63) is 29.3 Å². The molecule has 0 fully saturated rings. The van der Waals surface area contributed by atoms with E-state index < -0.39 is 35.3 Å². The lowest BCUT2D eigenvalue weighted by Gasteiger charge is -2.26. The van der Waals surface area contributed by atoms with Crippen LogP contribution < -0.4 is 10.6 Å². The van der Waals surface area contributed by atoms with Gasteiger partial charge in [0.15, 0.2) is 0 Å². The van der Waals surface area contributed by atoms with E-state index in [0.717, 1.165) is 11.0 Å². The summed E-state index contributed by atoms with van der Waals surface area (Å²) >= 11 is 0. The van der Waals surface area contributed by atoms with Gasteiger partial charge in [-0.05, 0) is 32.0 Å². The third kappa shape index (κ3) is 3.19. The molecule has 0 saturated carbocycles. The Kier molecular flexibility index (Phi) is 4.26. The van der Waals surface area contributed by atoms with Crippen LogP contribution in [0, 0.1) is 0 Å². The highest BCUT2D eigenvalue weighted by molar-refractivity contribution is 6.01. The van der Waals surface area contributed by atoms with Gasteiger partial charge in [-0.25, -0.2) is 9.59 Å². The molecule has 110 valence electrons. The van der Waals surface area contributed by atoms with Gasteiger partial charge in [0, 0.05) is 6.04 Å². The molecule has 3 N–H and O–H groups in total. The molecule has 1 aromatic carbocycles. The third-order valence-electron chi connectivity index (χ3n) is 2.57. The van der Waals surface area contributed by atoms with E-state index in [1.54, 1.807) is 13.8 Å². The number of carbonyl (C=O) groups is 2. The van der Waals surface area contributed by atoms with Gasteiger partial charge >= 0.3 is 18.2 Å². The monoisotopic (exact) mass is 290 g/mol. The van der Waals surface area contributed by atoms with Crippen LogP contribution >= 0.6 is 0 Å². The molecule has 0 aliphatic rings. The molecule has 0 spiro atoms. The molecule has 0 bridgehead atoms. The van der Waals surface area contributed by atoms with E-state index in [2.05, 4.69) is 0 Å². The van der Waals surface area contributed by atoms with Gasteiger partial charge < -0.3 is 10.8 Å². The van der Waals surface area contributed by atoms with Crippen molar-refractivity contribution in [2.75, 3.05) is 4.90 Å². The highest BCUT2D eigenvalue weighted by atomic mass is 19.4. The van der Waals surface area contributed by atoms with Gasteiger partial charge in [-0.15, -0.1) is 0 Å². The fourth-order valence-corrected chi connectivity index (χ4v) is 1.75. The van der Waals surface area contributed by atoms with Crippen LogP contribution in [0.25, 0.3) is 0 Å². The molecule has 0 unspecified atom stereocenters. The first kappa shape index (κ1) is 15.8. The van der Waals surface area contributed by atoms with Gasteiger partial charge in [0.1, 0.15) is 0 Å². The van der Waals surface area contributed by atoms with Crippen LogP contribution in [0.4, 0.5) is 23.7 Å². The third-order valence-corrected chi connectivity index (χ3v) is 2.57. The van der Waals surface area contributed by atoms with Crippen molar-refractivity contribution < 1.29 is 27.9 Å². The van der Waals surface area contributed by atoms with Crippen LogP contribution in [0.1, 0.15) is 29.8 Å². The molecule has 0 aliphatic carbocycles. The lowest BCUT2D eigenvalue weighted by Crippen LogP contribution is -2.41. The van der Waals surface area contributed by atoms with Gasteiger partial charge in [-0.1, -0.05) is 0 Å². The van der Waals surface area contributed by atoms with E-state index >= 15 is 0 Å². The molecule has 0 heterocycles. The van der Waals surface area contributed by atoms with Crippen LogP contribution in [0.15, 0.2) is 18.2 Å². The van der Waals surface area contributed by atoms with Crippen molar-refractivity contribution in [1.82, 2.24) is 0 Å². The number of carboxylic acids is 1. The summed E-state index contributed by atoms with van der Waals surface area (Å²) in [6, 6.07) is 0.678. The number of carboxylic acid groups (broad SMARTS) is 1. The fraction of sp³-hybridized carbons (Fsp3) is 0.333. The predicted molar refractivity (Wildman–Crippen MR) is 65.6 cm³/mol. The normalized spacial score (nSPS) is 11.5. The van der Waals surface area contributed by atoms with Gasteiger partial charge in [0.05, 0.1) is 16.8 Å². The summed E-state index contributed by atoms with van der Waals surface area (Å²) in [4.78, 5) is 23.4. The Hall–Kier alpha value is -2.25. The quantitative estimate of drug-likeness (QED) is 0.897. The first-order chi connectivity index (χ1) is 9.05. The van der Waals surface area contributed by atoms with Gasteiger partial charge in [0.25, 0.3) is 0 Å². The van der Waals surface area contributed by atoms with Crippen LogP contribution in [-0.4, -0.2) is 23.1 Å². The van der Waals surface area contributed by atoms with Crippen molar-refractivity contribution in [1.29, 1.82) is 0 Å². The summed E-state index contributed by atoms with van der Waals surface area (Å²) in [7, 11) is 0. The summed E-state index contributed by atoms with van der Waals surface area (Å²) < 4.78 is 37.7. The Morgan fingerprint density at radius 3 is 2.20 bits per heavy atom. The van der Waals surface area contributed by atoms with E-state index in [1.807, 2.05) is 0 Å². The number of carbonyl (C=O) groups excluding carboxylic acids is 1. The number of amides is 2. The minimum absolute atomic E-state index is 0.173. The molecule has 1 rings (SSSR count). The number of halogens is 3. The zero-order valence-electron chi connectivity index (χ0n) is 10.7. The average Bonchev–Trinajstić information content (AvgIpc) is 2.26. The number of rotatable bonds is 3. The Labute approximate surface area is 112 Å². The van der Waals surface area contributed by atoms with E-state index in [-0.39, 0.29) is 5.69 Å². The second-order valence-corrected chi connectivity index (χ2v) is 4.34. The number of hydrogen-bond acceptors (Lipinski definition) is 2. The summed E-state index contributed by atoms with van der Waals surface area (Å²) in [6.45, 7) is 3.13. The van der Waals surface area contributed by atoms with Crippen molar-refractivity contribution in [3.63, 3.8) is 0 Å². The maximum atomic E-state index is 12.6. The maximum Gasteiger partial charge on any atom is 0.416 e. The molecule has 0 atom stereocenters. The Morgan fingerprint density at radius 1 is 1.30 bits per heavy atom. The predicted octanol–water partition coefficient (Wildman–Crippen LogP) is 2.70. The summed E-state index contributed by atoms with van der Waals surface area (Å²) in [5.41, 5.74) is 3.22. The molecule has 0 radical (unpaired) electrons. The van der Waals surface area contributed by atoms with Gasteiger partial charge in [-0.3, -0.25) is 4.90 Å². The minimum atomic E-state index is -4.67. The average molecular weight is 290 g/mol. The first-order valence-corrected chi connectivity index (χ1v) is 5.59. The summed E-state index contributed by atoms with van der Waals surface area (Å²) in [5.74, 6) is -1.57. The Balaban J connectivity index is 3.48. The molecule has 8 heteroatoms. The number of alkyl halides is 3. The number of hydrogen-bond donors (Lipinski definition) is 2. The molecule has 0 saturated heterocycles. The number of nitrogens with zero attached hydrogens (tertiary/aromatic N) is 1. The zero-order valence-corrected chi connectivity index (χ0v) is 10.7. The van der Waals surface area contributed by atoms with Crippen molar-refractivity contribution in [2.24, 2.45) is 5.73 Å². The summed E-state index contributed by atoms with van der Waals surface area (Å²) in [6.07, 6.45) is -4.67. The van der Waals surface area contributed by atoms with Crippen molar-refractivity contribution >= 4 is 17.7 Å². The van der Waals surface area contributed by atoms with Crippen LogP contribution in [-0.2, 0) is 6.18 Å². The van der Waals surface area contributed by atoms with Crippen LogP contribution in [0.3, 0.4) is 0 Å². The maximum absolute atomic E-state index is 12.6. The standard InChI is InChI=1S/C12H13F3N2O3/c1-6(2)17(11(16)20)9-4-3-7(12(13,14)15)5-8(9)10(18)19/h3-6H,1-2H3,(H2,16,20)(H,18,19). The van der Waals surface area contributed by atoms with Crippen LogP contribution in [0.5, 0.6) is 0 Å². The topological polar surface area (TPSA) is 83.6 Å². The molecule has 0 aliphatic heterocycles. The van der Waals surface area contributed by atoms with E-state index in [1.165, 1.54) is 0 Å². The number of nitrogens with two attached hydrogens (primary N) is 1. The summed E-state index contributed by atoms with van der Waals surface area (Å²) in [5, 5.41) is 9.02. The molecule has 1 aromatic rings. The SMILES string of the molecule is CC(C)N(C(N)=O)c1ccc(C(F)(F)F)cc1C(=O)O. The fourth-order valence-electron chi connectivity index (χ4n) is 1.75. The van der Waals surface area contributed by atoms with Gasteiger partial charge in [0.2, 0.25) is 0 Å². The Bertz CT molecular complexity index is 541. The second-order valence-electron chi connectivity index (χ2n) is 4.34. The Morgan fingerprint density at radius 2 is 1.85 bits per heavy atom. The smallest absolute Gasteiger partial charge is 0.416 e. The molecular weight excluding hydrogens is 277 g/mol. The number of urea groups is 1. The number of primary amides is 1. The molecule has 0 aromatic heterocycles. The lowest BCUT2D eigenvalue weighted by molar-refractivity contribution is -0.137. The highest BCUT2D eigenvalue weighted by Crippen LogP contribution is 2.33. The van der Waals surface area contributed by atoms with Crippen molar-refractivity contribution in [3.8, 4) is 0 Å². The molecule has 5 nitrogen and oxygen atoms in total. The van der Waals surface area contributed by atoms with Crippen molar-refractivity contribution in [2.45, 2.75) is 26.1 Å². The van der Waals surface area contributed by atoms with Crippen LogP contribution in [0.2, 0.25) is 0 Å². The molecule has 2 amide bonds. The van der Waals surface area contributed by atoms with E-state index in [9.17, 15) is 22.8 Å². The number of aromatic carboxylic acids is 1. The van der Waals surface area contributed by atoms with E-state index in [0.29, 0.717) is 12.1 Å². The highest BCUT2D eigenvalue weighted by Gasteiger charge is 2.33. The molecular formula is C12H13F3N2O3. The minimum Gasteiger partial charge on any atom is -0.478 e. The van der Waals surface area contributed by atoms with E-state index in [4.69, 9.17) is 10.8 Å². The zero-order chi connectivity index (χ0) is 15.7. The lowest BCUT2D eigenvalue weighted by atomic mass is 10.1. The second kappa shape index (κ2) is 5.40.